The number of halogens is 3. The topological polar surface area (TPSA) is 93.6 Å². The molecule has 1 aliphatic rings. The molecule has 0 bridgehead atoms. The van der Waals surface area contributed by atoms with Crippen molar-refractivity contribution in [2.45, 2.75) is 19.0 Å². The number of aromatic hydroxyl groups is 2. The van der Waals surface area contributed by atoms with Gasteiger partial charge in [0, 0.05) is 24.2 Å². The van der Waals surface area contributed by atoms with Crippen molar-refractivity contribution in [2.24, 2.45) is 5.73 Å². The molecule has 1 aliphatic heterocycles. The van der Waals surface area contributed by atoms with Crippen LogP contribution in [0.4, 0.5) is 18.9 Å². The molecule has 0 aliphatic carbocycles. The summed E-state index contributed by atoms with van der Waals surface area (Å²) in [4.78, 5) is 1.77. The summed E-state index contributed by atoms with van der Waals surface area (Å²) in [6, 6.07) is 7.00. The Morgan fingerprint density at radius 3 is 2.12 bits per heavy atom. The predicted octanol–water partition coefficient (Wildman–Crippen LogP) is 3.67. The van der Waals surface area contributed by atoms with Crippen LogP contribution >= 0.6 is 0 Å². The van der Waals surface area contributed by atoms with Crippen LogP contribution in [0.3, 0.4) is 0 Å². The van der Waals surface area contributed by atoms with Crippen molar-refractivity contribution in [1.29, 1.82) is 5.41 Å². The lowest BCUT2D eigenvalue weighted by Gasteiger charge is -2.25. The summed E-state index contributed by atoms with van der Waals surface area (Å²) in [7, 11) is 0. The Kier molecular flexibility index (Phi) is 4.43. The molecule has 0 spiro atoms. The first-order chi connectivity index (χ1) is 12.2. The van der Waals surface area contributed by atoms with Crippen molar-refractivity contribution in [1.82, 2.24) is 0 Å². The van der Waals surface area contributed by atoms with Gasteiger partial charge in [0.1, 0.15) is 11.4 Å². The van der Waals surface area contributed by atoms with Gasteiger partial charge in [-0.05, 0) is 24.5 Å². The molecule has 0 atom stereocenters. The van der Waals surface area contributed by atoms with Gasteiger partial charge in [0.25, 0.3) is 0 Å². The van der Waals surface area contributed by atoms with Gasteiger partial charge in [0.2, 0.25) is 0 Å². The van der Waals surface area contributed by atoms with Crippen LogP contribution in [0.15, 0.2) is 30.3 Å². The van der Waals surface area contributed by atoms with Crippen LogP contribution in [-0.4, -0.2) is 29.1 Å². The Morgan fingerprint density at radius 1 is 1.04 bits per heavy atom. The second-order valence-corrected chi connectivity index (χ2v) is 6.20. The number of rotatable bonds is 3. The Hall–Kier alpha value is -2.90. The van der Waals surface area contributed by atoms with E-state index in [0.717, 1.165) is 18.9 Å². The zero-order valence-corrected chi connectivity index (χ0v) is 13.8. The van der Waals surface area contributed by atoms with E-state index in [9.17, 15) is 23.4 Å². The lowest BCUT2D eigenvalue weighted by atomic mass is 9.97. The van der Waals surface area contributed by atoms with Crippen LogP contribution in [0, 0.1) is 5.41 Å². The first-order valence-electron chi connectivity index (χ1n) is 8.06. The zero-order chi connectivity index (χ0) is 19.1. The lowest BCUT2D eigenvalue weighted by molar-refractivity contribution is -0.138. The molecule has 0 aromatic heterocycles. The molecule has 26 heavy (non-hydrogen) atoms. The van der Waals surface area contributed by atoms with Crippen molar-refractivity contribution in [2.75, 3.05) is 18.0 Å². The Bertz CT molecular complexity index is 842. The normalized spacial score (nSPS) is 14.7. The molecule has 8 heteroatoms. The molecule has 2 aromatic rings. The summed E-state index contributed by atoms with van der Waals surface area (Å²) in [5, 5.41) is 27.7. The summed E-state index contributed by atoms with van der Waals surface area (Å²) in [5.41, 5.74) is 5.35. The van der Waals surface area contributed by atoms with E-state index in [0.29, 0.717) is 24.2 Å². The predicted molar refractivity (Wildman–Crippen MR) is 92.7 cm³/mol. The molecule has 138 valence electrons. The third-order valence-corrected chi connectivity index (χ3v) is 4.48. The van der Waals surface area contributed by atoms with Gasteiger partial charge in [-0.3, -0.25) is 5.41 Å². The van der Waals surface area contributed by atoms with E-state index in [-0.39, 0.29) is 17.1 Å². The number of phenols is 2. The number of nitrogens with one attached hydrogen (secondary N) is 1. The van der Waals surface area contributed by atoms with Gasteiger partial charge in [-0.1, -0.05) is 24.3 Å². The van der Waals surface area contributed by atoms with E-state index in [1.54, 1.807) is 17.0 Å². The molecule has 3 rings (SSSR count). The largest absolute Gasteiger partial charge is 0.504 e. The van der Waals surface area contributed by atoms with E-state index in [2.05, 4.69) is 0 Å². The number of anilines is 1. The van der Waals surface area contributed by atoms with Crippen LogP contribution in [0.1, 0.15) is 24.0 Å². The molecule has 5 N–H and O–H groups in total. The van der Waals surface area contributed by atoms with E-state index < -0.39 is 23.2 Å². The highest BCUT2D eigenvalue weighted by atomic mass is 19.4. The molecule has 1 fully saturated rings. The Labute approximate surface area is 148 Å². The van der Waals surface area contributed by atoms with Gasteiger partial charge < -0.3 is 20.8 Å². The van der Waals surface area contributed by atoms with Crippen LogP contribution in [-0.2, 0) is 6.18 Å². The van der Waals surface area contributed by atoms with Crippen molar-refractivity contribution in [3.05, 3.63) is 41.5 Å². The third-order valence-electron chi connectivity index (χ3n) is 4.48. The average molecular weight is 365 g/mol. The van der Waals surface area contributed by atoms with Gasteiger partial charge in [0.05, 0.1) is 5.69 Å². The minimum atomic E-state index is -4.81. The maximum atomic E-state index is 13.3. The molecule has 0 radical (unpaired) electrons. The third kappa shape index (κ3) is 3.14. The Balaban J connectivity index is 2.23. The molecule has 0 amide bonds. The molecule has 0 unspecified atom stereocenters. The minimum Gasteiger partial charge on any atom is -0.504 e. The number of nitrogens with zero attached hydrogens (tertiary/aromatic N) is 1. The van der Waals surface area contributed by atoms with Crippen molar-refractivity contribution >= 4 is 11.5 Å². The molecular weight excluding hydrogens is 347 g/mol. The van der Waals surface area contributed by atoms with Crippen LogP contribution < -0.4 is 10.6 Å². The van der Waals surface area contributed by atoms with E-state index >= 15 is 0 Å². The standard InChI is InChI=1S/C18H18F3N3O2/c19-18(20,21)13-9-12(10-3-5-11(6-4-10)17(22)23)14(16(26)15(13)25)24-7-1-2-8-24/h3-6,9,25-26H,1-2,7-8H2,(H3,22,23). The summed E-state index contributed by atoms with van der Waals surface area (Å²) in [6.07, 6.45) is -3.10. The average Bonchev–Trinajstić information content (AvgIpc) is 3.10. The maximum absolute atomic E-state index is 13.3. The van der Waals surface area contributed by atoms with Gasteiger partial charge in [0.15, 0.2) is 11.5 Å². The SMILES string of the molecule is N=C(N)c1ccc(-c2cc(C(F)(F)F)c(O)c(O)c2N2CCCC2)cc1. The number of nitrogen functional groups attached to an aromatic ring is 1. The number of alkyl halides is 3. The quantitative estimate of drug-likeness (QED) is 0.379. The number of phenolic OH excluding ortho intramolecular Hbond substituents is 2. The highest BCUT2D eigenvalue weighted by molar-refractivity contribution is 5.96. The smallest absolute Gasteiger partial charge is 0.420 e. The second kappa shape index (κ2) is 6.44. The van der Waals surface area contributed by atoms with Crippen molar-refractivity contribution in [3.8, 4) is 22.6 Å². The first-order valence-corrected chi connectivity index (χ1v) is 8.06. The lowest BCUT2D eigenvalue weighted by Crippen LogP contribution is -2.19. The monoisotopic (exact) mass is 365 g/mol. The van der Waals surface area contributed by atoms with Gasteiger partial charge in [-0.15, -0.1) is 0 Å². The first kappa shape index (κ1) is 17.9. The summed E-state index contributed by atoms with van der Waals surface area (Å²) >= 11 is 0. The molecule has 5 nitrogen and oxygen atoms in total. The number of benzene rings is 2. The van der Waals surface area contributed by atoms with Gasteiger partial charge in [-0.2, -0.15) is 13.2 Å². The van der Waals surface area contributed by atoms with E-state index in [1.165, 1.54) is 12.1 Å². The highest BCUT2D eigenvalue weighted by Crippen LogP contribution is 2.50. The maximum Gasteiger partial charge on any atom is 0.420 e. The number of hydrogen-bond donors (Lipinski definition) is 4. The molecular formula is C18H18F3N3O2. The van der Waals surface area contributed by atoms with Gasteiger partial charge in [-0.25, -0.2) is 0 Å². The van der Waals surface area contributed by atoms with Crippen molar-refractivity contribution < 1.29 is 23.4 Å². The zero-order valence-electron chi connectivity index (χ0n) is 13.8. The number of nitrogens with two attached hydrogens (primary N) is 1. The Morgan fingerprint density at radius 2 is 1.62 bits per heavy atom. The van der Waals surface area contributed by atoms with E-state index in [1.807, 2.05) is 0 Å². The fourth-order valence-corrected chi connectivity index (χ4v) is 3.17. The highest BCUT2D eigenvalue weighted by Gasteiger charge is 2.38. The number of hydrogen-bond acceptors (Lipinski definition) is 4. The van der Waals surface area contributed by atoms with Crippen LogP contribution in [0.2, 0.25) is 0 Å². The van der Waals surface area contributed by atoms with Crippen LogP contribution in [0.5, 0.6) is 11.5 Å². The van der Waals surface area contributed by atoms with E-state index in [4.69, 9.17) is 11.1 Å². The fraction of sp³-hybridized carbons (Fsp3) is 0.278. The van der Waals surface area contributed by atoms with Crippen LogP contribution in [0.25, 0.3) is 11.1 Å². The molecule has 1 saturated heterocycles. The van der Waals surface area contributed by atoms with Crippen molar-refractivity contribution in [3.63, 3.8) is 0 Å². The molecule has 2 aromatic carbocycles. The summed E-state index contributed by atoms with van der Waals surface area (Å²) < 4.78 is 39.8. The number of amidine groups is 1. The molecule has 1 heterocycles. The fourth-order valence-electron chi connectivity index (χ4n) is 3.17. The summed E-state index contributed by atoms with van der Waals surface area (Å²) in [6.45, 7) is 1.16. The van der Waals surface area contributed by atoms with Gasteiger partial charge >= 0.3 is 6.18 Å². The molecule has 0 saturated carbocycles. The summed E-state index contributed by atoms with van der Waals surface area (Å²) in [5.74, 6) is -2.09. The second-order valence-electron chi connectivity index (χ2n) is 6.20. The minimum absolute atomic E-state index is 0.152.